The van der Waals surface area contributed by atoms with E-state index in [4.69, 9.17) is 9.47 Å². The van der Waals surface area contributed by atoms with Gasteiger partial charge in [0.05, 0.1) is 7.11 Å². The maximum Gasteiger partial charge on any atom is 0.261 e. The van der Waals surface area contributed by atoms with Crippen LogP contribution in [0, 0.1) is 5.82 Å². The Labute approximate surface area is 170 Å². The van der Waals surface area contributed by atoms with Gasteiger partial charge in [0.2, 0.25) is 5.91 Å². The number of halogens is 1. The van der Waals surface area contributed by atoms with E-state index in [0.29, 0.717) is 17.1 Å². The van der Waals surface area contributed by atoms with Crippen molar-refractivity contribution in [2.45, 2.75) is 39.4 Å². The molecule has 2 aromatic carbocycles. The van der Waals surface area contributed by atoms with Crippen molar-refractivity contribution in [2.24, 2.45) is 0 Å². The number of methoxy groups -OCH3 is 1. The highest BCUT2D eigenvalue weighted by molar-refractivity contribution is 5.88. The summed E-state index contributed by atoms with van der Waals surface area (Å²) in [6.45, 7) is 4.91. The lowest BCUT2D eigenvalue weighted by molar-refractivity contribution is -0.142. The molecule has 0 heterocycles. The summed E-state index contributed by atoms with van der Waals surface area (Å²) < 4.78 is 25.0. The Morgan fingerprint density at radius 3 is 2.28 bits per heavy atom. The normalized spacial score (nSPS) is 11.7. The minimum absolute atomic E-state index is 0.0481. The van der Waals surface area contributed by atoms with Crippen LogP contribution in [0.15, 0.2) is 48.5 Å². The fourth-order valence-electron chi connectivity index (χ4n) is 2.76. The average molecular weight is 402 g/mol. The van der Waals surface area contributed by atoms with Crippen molar-refractivity contribution < 1.29 is 23.5 Å². The Balaban J connectivity index is 2.19. The van der Waals surface area contributed by atoms with Gasteiger partial charge in [0.25, 0.3) is 5.91 Å². The van der Waals surface area contributed by atoms with Crippen molar-refractivity contribution in [1.29, 1.82) is 0 Å². The fourth-order valence-corrected chi connectivity index (χ4v) is 2.76. The number of rotatable bonds is 9. The number of ether oxygens (including phenoxy) is 2. The Morgan fingerprint density at radius 2 is 1.66 bits per heavy atom. The topological polar surface area (TPSA) is 67.9 Å². The Hall–Kier alpha value is -3.09. The molecule has 0 aliphatic carbocycles. The predicted octanol–water partition coefficient (Wildman–Crippen LogP) is 3.16. The largest absolute Gasteiger partial charge is 0.493 e. The molecule has 2 rings (SSSR count). The van der Waals surface area contributed by atoms with Crippen molar-refractivity contribution in [3.05, 3.63) is 59.9 Å². The van der Waals surface area contributed by atoms with Gasteiger partial charge in [-0.1, -0.05) is 30.3 Å². The van der Waals surface area contributed by atoms with Gasteiger partial charge in [-0.3, -0.25) is 9.59 Å². The number of para-hydroxylation sites is 2. The summed E-state index contributed by atoms with van der Waals surface area (Å²) in [5.41, 5.74) is 0.322. The molecule has 6 nitrogen and oxygen atoms in total. The van der Waals surface area contributed by atoms with Crippen molar-refractivity contribution in [3.63, 3.8) is 0 Å². The lowest BCUT2D eigenvalue weighted by Gasteiger charge is -2.29. The molecule has 0 spiro atoms. The molecule has 156 valence electrons. The second-order valence-corrected chi connectivity index (χ2v) is 6.89. The van der Waals surface area contributed by atoms with Gasteiger partial charge in [-0.15, -0.1) is 0 Å². The van der Waals surface area contributed by atoms with E-state index in [-0.39, 0.29) is 25.1 Å². The van der Waals surface area contributed by atoms with Crippen LogP contribution < -0.4 is 14.8 Å². The van der Waals surface area contributed by atoms with E-state index >= 15 is 0 Å². The molecule has 0 saturated heterocycles. The van der Waals surface area contributed by atoms with E-state index in [2.05, 4.69) is 5.32 Å². The second-order valence-electron chi connectivity index (χ2n) is 6.89. The minimum Gasteiger partial charge on any atom is -0.493 e. The van der Waals surface area contributed by atoms with Crippen LogP contribution in [0.3, 0.4) is 0 Å². The first-order valence-electron chi connectivity index (χ1n) is 9.42. The number of benzene rings is 2. The third kappa shape index (κ3) is 6.20. The highest BCUT2D eigenvalue weighted by Gasteiger charge is 2.27. The molecular weight excluding hydrogens is 375 g/mol. The SMILES string of the molecule is COc1ccccc1OCC(=O)N(Cc1ccccc1F)[C@H](C)C(=O)NC(C)C. The van der Waals surface area contributed by atoms with E-state index in [1.807, 2.05) is 13.8 Å². The lowest BCUT2D eigenvalue weighted by Crippen LogP contribution is -2.50. The first-order valence-corrected chi connectivity index (χ1v) is 9.42. The number of hydrogen-bond donors (Lipinski definition) is 1. The van der Waals surface area contributed by atoms with Gasteiger partial charge in [-0.25, -0.2) is 4.39 Å². The molecule has 2 aromatic rings. The fraction of sp³-hybridized carbons (Fsp3) is 0.364. The van der Waals surface area contributed by atoms with Crippen molar-refractivity contribution >= 4 is 11.8 Å². The van der Waals surface area contributed by atoms with E-state index in [1.54, 1.807) is 49.4 Å². The summed E-state index contributed by atoms with van der Waals surface area (Å²) >= 11 is 0. The molecule has 0 radical (unpaired) electrons. The number of nitrogens with zero attached hydrogens (tertiary/aromatic N) is 1. The van der Waals surface area contributed by atoms with Gasteiger partial charge < -0.3 is 19.7 Å². The zero-order chi connectivity index (χ0) is 21.4. The zero-order valence-corrected chi connectivity index (χ0v) is 17.1. The summed E-state index contributed by atoms with van der Waals surface area (Å²) in [5, 5.41) is 2.78. The second kappa shape index (κ2) is 10.5. The van der Waals surface area contributed by atoms with Gasteiger partial charge in [-0.05, 0) is 39.0 Å². The third-order valence-corrected chi connectivity index (χ3v) is 4.32. The van der Waals surface area contributed by atoms with Gasteiger partial charge in [0.15, 0.2) is 18.1 Å². The number of amides is 2. The number of hydrogen-bond acceptors (Lipinski definition) is 4. The van der Waals surface area contributed by atoms with E-state index in [0.717, 1.165) is 0 Å². The zero-order valence-electron chi connectivity index (χ0n) is 17.1. The maximum atomic E-state index is 14.2. The molecule has 1 atom stereocenters. The van der Waals surface area contributed by atoms with Crippen LogP contribution >= 0.6 is 0 Å². The molecule has 0 unspecified atom stereocenters. The molecule has 0 bridgehead atoms. The Kier molecular flexibility index (Phi) is 8.00. The quantitative estimate of drug-likeness (QED) is 0.700. The van der Waals surface area contributed by atoms with Crippen molar-refractivity contribution in [2.75, 3.05) is 13.7 Å². The molecule has 0 fully saturated rings. The van der Waals surface area contributed by atoms with Crippen LogP contribution in [0.2, 0.25) is 0 Å². The molecule has 0 saturated carbocycles. The highest BCUT2D eigenvalue weighted by Crippen LogP contribution is 2.26. The van der Waals surface area contributed by atoms with Crippen LogP contribution in [0.4, 0.5) is 4.39 Å². The molecule has 0 aliphatic rings. The van der Waals surface area contributed by atoms with Crippen molar-refractivity contribution in [1.82, 2.24) is 10.2 Å². The molecule has 0 aliphatic heterocycles. The summed E-state index contributed by atoms with van der Waals surface area (Å²) in [6.07, 6.45) is 0. The minimum atomic E-state index is -0.800. The van der Waals surface area contributed by atoms with Crippen molar-refractivity contribution in [3.8, 4) is 11.5 Å². The molecule has 1 N–H and O–H groups in total. The van der Waals surface area contributed by atoms with Crippen LogP contribution in [-0.4, -0.2) is 42.5 Å². The van der Waals surface area contributed by atoms with Crippen LogP contribution in [0.5, 0.6) is 11.5 Å². The predicted molar refractivity (Wildman–Crippen MR) is 108 cm³/mol. The smallest absolute Gasteiger partial charge is 0.261 e. The Morgan fingerprint density at radius 1 is 1.03 bits per heavy atom. The van der Waals surface area contributed by atoms with E-state index in [1.165, 1.54) is 18.1 Å². The Bertz CT molecular complexity index is 841. The molecule has 2 amide bonds. The molecule has 0 aromatic heterocycles. The number of carbonyl (C=O) groups is 2. The summed E-state index contributed by atoms with van der Waals surface area (Å²) in [4.78, 5) is 26.7. The van der Waals surface area contributed by atoms with Gasteiger partial charge in [0.1, 0.15) is 11.9 Å². The van der Waals surface area contributed by atoms with Gasteiger partial charge in [-0.2, -0.15) is 0 Å². The maximum absolute atomic E-state index is 14.2. The summed E-state index contributed by atoms with van der Waals surface area (Å²) in [6, 6.07) is 12.2. The number of nitrogens with one attached hydrogen (secondary N) is 1. The molecular formula is C22H27FN2O4. The van der Waals surface area contributed by atoms with E-state index < -0.39 is 17.8 Å². The third-order valence-electron chi connectivity index (χ3n) is 4.32. The summed E-state index contributed by atoms with van der Waals surface area (Å²) in [7, 11) is 1.51. The molecule has 29 heavy (non-hydrogen) atoms. The standard InChI is InChI=1S/C22H27FN2O4/c1-15(2)24-22(27)16(3)25(13-17-9-5-6-10-18(17)23)21(26)14-29-20-12-8-7-11-19(20)28-4/h5-12,15-16H,13-14H2,1-4H3,(H,24,27)/t16-/m1/s1. The van der Waals surface area contributed by atoms with Gasteiger partial charge in [0, 0.05) is 18.2 Å². The first-order chi connectivity index (χ1) is 13.8. The molecule has 7 heteroatoms. The lowest BCUT2D eigenvalue weighted by atomic mass is 10.1. The first kappa shape index (κ1) is 22.2. The van der Waals surface area contributed by atoms with Crippen LogP contribution in [-0.2, 0) is 16.1 Å². The van der Waals surface area contributed by atoms with Crippen LogP contribution in [0.25, 0.3) is 0 Å². The number of carbonyl (C=O) groups excluding carboxylic acids is 2. The summed E-state index contributed by atoms with van der Waals surface area (Å²) in [5.74, 6) is -0.292. The highest BCUT2D eigenvalue weighted by atomic mass is 19.1. The van der Waals surface area contributed by atoms with Crippen LogP contribution in [0.1, 0.15) is 26.3 Å². The average Bonchev–Trinajstić information content (AvgIpc) is 2.70. The monoisotopic (exact) mass is 402 g/mol. The van der Waals surface area contributed by atoms with Gasteiger partial charge >= 0.3 is 0 Å². The van der Waals surface area contributed by atoms with E-state index in [9.17, 15) is 14.0 Å².